The topological polar surface area (TPSA) is 9.23 Å². The summed E-state index contributed by atoms with van der Waals surface area (Å²) in [5, 5.41) is 3.35. The fourth-order valence-corrected chi connectivity index (χ4v) is 4.27. The van der Waals surface area contributed by atoms with Crippen LogP contribution >= 0.6 is 49.9 Å². The number of halogens is 2. The molecular weight excluding hydrogens is 363 g/mol. The van der Waals surface area contributed by atoms with Crippen molar-refractivity contribution in [3.8, 4) is 5.75 Å². The van der Waals surface area contributed by atoms with Crippen molar-refractivity contribution < 1.29 is 4.74 Å². The van der Waals surface area contributed by atoms with Crippen molar-refractivity contribution in [1.29, 1.82) is 0 Å². The molecule has 1 aromatic carbocycles. The number of ether oxygens (including phenoxy) is 1. The van der Waals surface area contributed by atoms with E-state index in [4.69, 9.17) is 4.74 Å². The highest BCUT2D eigenvalue weighted by Crippen LogP contribution is 2.39. The van der Waals surface area contributed by atoms with Gasteiger partial charge in [0.05, 0.1) is 11.8 Å². The van der Waals surface area contributed by atoms with E-state index in [2.05, 4.69) is 50.0 Å². The van der Waals surface area contributed by atoms with Crippen LogP contribution in [0.4, 0.5) is 0 Å². The smallest absolute Gasteiger partial charge is 0.136 e. The molecule has 0 aliphatic carbocycles. The van der Waals surface area contributed by atoms with Gasteiger partial charge in [0.1, 0.15) is 5.75 Å². The van der Waals surface area contributed by atoms with Crippen LogP contribution in [0.1, 0.15) is 0 Å². The molecule has 0 aliphatic heterocycles. The van der Waals surface area contributed by atoms with E-state index < -0.39 is 0 Å². The number of benzene rings is 1. The van der Waals surface area contributed by atoms with Crippen LogP contribution in [0.15, 0.2) is 22.0 Å². The maximum absolute atomic E-state index is 5.28. The van der Waals surface area contributed by atoms with Gasteiger partial charge >= 0.3 is 0 Å². The average molecular weight is 369 g/mol. The minimum absolute atomic E-state index is 0.950. The summed E-state index contributed by atoms with van der Waals surface area (Å²) in [6, 6.07) is 4.08. The van der Waals surface area contributed by atoms with Crippen LogP contribution in [0.25, 0.3) is 10.1 Å². The highest BCUT2D eigenvalue weighted by molar-refractivity contribution is 14.1. The van der Waals surface area contributed by atoms with Gasteiger partial charge < -0.3 is 4.74 Å². The molecule has 13 heavy (non-hydrogen) atoms. The molecule has 4 heteroatoms. The summed E-state index contributed by atoms with van der Waals surface area (Å²) >= 11 is 7.57. The van der Waals surface area contributed by atoms with Crippen molar-refractivity contribution >= 4 is 59.9 Å². The lowest BCUT2D eigenvalue weighted by atomic mass is 10.2. The molecule has 2 aromatic rings. The molecule has 0 saturated heterocycles. The van der Waals surface area contributed by atoms with Crippen LogP contribution in [-0.4, -0.2) is 7.11 Å². The van der Waals surface area contributed by atoms with Crippen molar-refractivity contribution in [3.05, 3.63) is 25.6 Å². The SMILES string of the molecule is COc1ccc(I)c2c(Br)csc12. The van der Waals surface area contributed by atoms with E-state index in [0.717, 1.165) is 10.2 Å². The molecular formula is C9H6BrIOS. The Balaban J connectivity index is 2.87. The standard InChI is InChI=1S/C9H6BrIOS/c1-12-7-3-2-6(11)8-5(10)4-13-9(7)8/h2-4H,1H3. The zero-order valence-electron chi connectivity index (χ0n) is 6.80. The van der Waals surface area contributed by atoms with Crippen LogP contribution < -0.4 is 4.74 Å². The second-order valence-electron chi connectivity index (χ2n) is 2.54. The molecule has 0 bridgehead atoms. The van der Waals surface area contributed by atoms with Crippen molar-refractivity contribution in [2.45, 2.75) is 0 Å². The lowest BCUT2D eigenvalue weighted by molar-refractivity contribution is 0.420. The Morgan fingerprint density at radius 3 is 2.92 bits per heavy atom. The summed E-state index contributed by atoms with van der Waals surface area (Å²) in [7, 11) is 1.70. The highest BCUT2D eigenvalue weighted by atomic mass is 127. The Kier molecular flexibility index (Phi) is 2.80. The van der Waals surface area contributed by atoms with Crippen molar-refractivity contribution in [2.75, 3.05) is 7.11 Å². The molecule has 68 valence electrons. The first-order chi connectivity index (χ1) is 6.24. The Labute approximate surface area is 102 Å². The fourth-order valence-electron chi connectivity index (χ4n) is 1.21. The molecule has 1 nitrogen and oxygen atoms in total. The molecule has 0 fully saturated rings. The Morgan fingerprint density at radius 2 is 2.23 bits per heavy atom. The molecule has 1 heterocycles. The van der Waals surface area contributed by atoms with Crippen molar-refractivity contribution in [2.24, 2.45) is 0 Å². The van der Waals surface area contributed by atoms with E-state index in [0.29, 0.717) is 0 Å². The summed E-state index contributed by atoms with van der Waals surface area (Å²) in [6.07, 6.45) is 0. The third kappa shape index (κ3) is 1.59. The van der Waals surface area contributed by atoms with Gasteiger partial charge in [-0.05, 0) is 50.7 Å². The predicted octanol–water partition coefficient (Wildman–Crippen LogP) is 4.28. The van der Waals surface area contributed by atoms with Gasteiger partial charge in [-0.15, -0.1) is 11.3 Å². The van der Waals surface area contributed by atoms with Gasteiger partial charge in [0.2, 0.25) is 0 Å². The molecule has 1 aromatic heterocycles. The highest BCUT2D eigenvalue weighted by Gasteiger charge is 2.09. The number of fused-ring (bicyclic) bond motifs is 1. The zero-order valence-corrected chi connectivity index (χ0v) is 11.4. The summed E-state index contributed by atoms with van der Waals surface area (Å²) in [5.74, 6) is 0.950. The summed E-state index contributed by atoms with van der Waals surface area (Å²) in [5.41, 5.74) is 0. The number of thiophene rings is 1. The monoisotopic (exact) mass is 368 g/mol. The van der Waals surface area contributed by atoms with E-state index in [1.165, 1.54) is 13.7 Å². The van der Waals surface area contributed by atoms with Crippen molar-refractivity contribution in [1.82, 2.24) is 0 Å². The predicted molar refractivity (Wildman–Crippen MR) is 68.8 cm³/mol. The molecule has 2 rings (SSSR count). The summed E-state index contributed by atoms with van der Waals surface area (Å²) < 4.78 is 8.89. The average Bonchev–Trinajstić information content (AvgIpc) is 2.50. The Morgan fingerprint density at radius 1 is 1.46 bits per heavy atom. The fraction of sp³-hybridized carbons (Fsp3) is 0.111. The number of hydrogen-bond donors (Lipinski definition) is 0. The maximum atomic E-state index is 5.28. The van der Waals surface area contributed by atoms with Gasteiger partial charge in [-0.3, -0.25) is 0 Å². The second kappa shape index (κ2) is 3.74. The van der Waals surface area contributed by atoms with E-state index in [-0.39, 0.29) is 0 Å². The van der Waals surface area contributed by atoms with E-state index >= 15 is 0 Å². The van der Waals surface area contributed by atoms with E-state index in [1.807, 2.05) is 6.07 Å². The van der Waals surface area contributed by atoms with Crippen LogP contribution in [0.5, 0.6) is 5.75 Å². The van der Waals surface area contributed by atoms with Gasteiger partial charge in [0, 0.05) is 18.8 Å². The van der Waals surface area contributed by atoms with E-state index in [9.17, 15) is 0 Å². The summed E-state index contributed by atoms with van der Waals surface area (Å²) in [4.78, 5) is 0. The number of methoxy groups -OCH3 is 1. The first kappa shape index (κ1) is 9.73. The number of hydrogen-bond acceptors (Lipinski definition) is 2. The van der Waals surface area contributed by atoms with Gasteiger partial charge in [-0.25, -0.2) is 0 Å². The van der Waals surface area contributed by atoms with E-state index in [1.54, 1.807) is 18.4 Å². The zero-order chi connectivity index (χ0) is 9.42. The molecule has 0 amide bonds. The second-order valence-corrected chi connectivity index (χ2v) is 5.43. The lowest BCUT2D eigenvalue weighted by Gasteiger charge is -2.02. The van der Waals surface area contributed by atoms with Crippen molar-refractivity contribution in [3.63, 3.8) is 0 Å². The molecule has 0 N–H and O–H groups in total. The quantitative estimate of drug-likeness (QED) is 0.683. The van der Waals surface area contributed by atoms with Gasteiger partial charge in [-0.1, -0.05) is 0 Å². The minimum atomic E-state index is 0.950. The summed E-state index contributed by atoms with van der Waals surface area (Å²) in [6.45, 7) is 0. The molecule has 0 radical (unpaired) electrons. The molecule has 0 saturated carbocycles. The third-order valence-electron chi connectivity index (χ3n) is 1.81. The molecule has 0 atom stereocenters. The largest absolute Gasteiger partial charge is 0.495 e. The van der Waals surface area contributed by atoms with Crippen LogP contribution in [0.2, 0.25) is 0 Å². The van der Waals surface area contributed by atoms with Crippen LogP contribution in [0, 0.1) is 3.57 Å². The first-order valence-corrected chi connectivity index (χ1v) is 6.38. The molecule has 0 unspecified atom stereocenters. The number of rotatable bonds is 1. The van der Waals surface area contributed by atoms with Gasteiger partial charge in [-0.2, -0.15) is 0 Å². The first-order valence-electron chi connectivity index (χ1n) is 3.63. The maximum Gasteiger partial charge on any atom is 0.136 e. The Bertz CT molecular complexity index is 452. The minimum Gasteiger partial charge on any atom is -0.495 e. The third-order valence-corrected chi connectivity index (χ3v) is 4.63. The Hall–Kier alpha value is 0.190. The molecule has 0 spiro atoms. The normalized spacial score (nSPS) is 10.7. The van der Waals surface area contributed by atoms with Crippen LogP contribution in [-0.2, 0) is 0 Å². The molecule has 0 aliphatic rings. The lowest BCUT2D eigenvalue weighted by Crippen LogP contribution is -1.83. The van der Waals surface area contributed by atoms with Gasteiger partial charge in [0.25, 0.3) is 0 Å². The van der Waals surface area contributed by atoms with Gasteiger partial charge in [0.15, 0.2) is 0 Å². The van der Waals surface area contributed by atoms with Crippen LogP contribution in [0.3, 0.4) is 0 Å².